The van der Waals surface area contributed by atoms with E-state index in [4.69, 9.17) is 0 Å². The summed E-state index contributed by atoms with van der Waals surface area (Å²) in [4.78, 5) is -0.690. The van der Waals surface area contributed by atoms with E-state index in [1.165, 1.54) is 33.3 Å². The first-order chi connectivity index (χ1) is 19.7. The highest BCUT2D eigenvalue weighted by Gasteiger charge is 2.33. The molecule has 0 atom stereocenters. The number of nitrogens with zero attached hydrogens (tertiary/aromatic N) is 3. The van der Waals surface area contributed by atoms with Crippen molar-refractivity contribution < 1.29 is 40.6 Å². The predicted molar refractivity (Wildman–Crippen MR) is 160 cm³/mol. The molecule has 15 heteroatoms. The van der Waals surface area contributed by atoms with Crippen LogP contribution >= 0.6 is 0 Å². The van der Waals surface area contributed by atoms with Gasteiger partial charge in [-0.3, -0.25) is 0 Å². The first kappa shape index (κ1) is 32.4. The molecule has 0 aliphatic rings. The van der Waals surface area contributed by atoms with Gasteiger partial charge in [-0.05, 0) is 34.9 Å². The number of likely N-dealkylation sites (N-methyl/N-ethyl adjacent to an activating group) is 3. The van der Waals surface area contributed by atoms with Crippen LogP contribution in [0.3, 0.4) is 0 Å². The maximum absolute atomic E-state index is 13.8. The van der Waals surface area contributed by atoms with Crippen molar-refractivity contribution in [2.45, 2.75) is 28.0 Å². The van der Waals surface area contributed by atoms with Gasteiger partial charge in [0.25, 0.3) is 0 Å². The fraction of sp³-hybridized carbons (Fsp3) is 0.407. The van der Waals surface area contributed by atoms with E-state index in [2.05, 4.69) is 0 Å². The van der Waals surface area contributed by atoms with Crippen LogP contribution in [0.25, 0.3) is 32.3 Å². The molecule has 0 radical (unpaired) electrons. The Bertz CT molecular complexity index is 1900. The lowest BCUT2D eigenvalue weighted by Gasteiger charge is -2.24. The van der Waals surface area contributed by atoms with Crippen LogP contribution in [0.1, 0.15) is 12.5 Å². The van der Waals surface area contributed by atoms with E-state index in [0.29, 0.717) is 22.8 Å². The lowest BCUT2D eigenvalue weighted by atomic mass is 9.91. The van der Waals surface area contributed by atoms with Gasteiger partial charge < -0.3 is 15.3 Å². The lowest BCUT2D eigenvalue weighted by molar-refractivity contribution is 0.266. The Morgan fingerprint density at radius 3 is 1.19 bits per heavy atom. The highest BCUT2D eigenvalue weighted by Crippen LogP contribution is 2.44. The summed E-state index contributed by atoms with van der Waals surface area (Å²) in [5.41, 5.74) is 0.653. The van der Waals surface area contributed by atoms with Crippen molar-refractivity contribution in [3.8, 4) is 0 Å². The van der Waals surface area contributed by atoms with Crippen molar-refractivity contribution in [2.75, 3.05) is 60.6 Å². The molecule has 0 bridgehead atoms. The molecule has 4 rings (SSSR count). The SMILES string of the molecule is CCc1cc(S(=O)(=O)N(C)CCO)c2ccc3c(S(=O)(=O)N(C)CCO)cc(S(=O)(=O)N(C)CCO)c4ccc1c2c43. The van der Waals surface area contributed by atoms with E-state index < -0.39 is 49.9 Å². The monoisotopic (exact) mass is 641 g/mol. The van der Waals surface area contributed by atoms with Crippen molar-refractivity contribution in [1.82, 2.24) is 12.9 Å². The average molecular weight is 642 g/mol. The highest BCUT2D eigenvalue weighted by atomic mass is 32.2. The Balaban J connectivity index is 2.29. The lowest BCUT2D eigenvalue weighted by Crippen LogP contribution is -2.31. The number of rotatable bonds is 13. The van der Waals surface area contributed by atoms with Gasteiger partial charge in [0.2, 0.25) is 30.1 Å². The van der Waals surface area contributed by atoms with E-state index >= 15 is 0 Å². The Morgan fingerprint density at radius 2 is 0.857 bits per heavy atom. The molecule has 0 aliphatic carbocycles. The molecule has 0 saturated carbocycles. The number of aliphatic hydroxyl groups excluding tert-OH is 3. The zero-order valence-electron chi connectivity index (χ0n) is 23.8. The van der Waals surface area contributed by atoms with Crippen molar-refractivity contribution in [3.05, 3.63) is 42.0 Å². The third kappa shape index (κ3) is 5.16. The predicted octanol–water partition coefficient (Wildman–Crippen LogP) is 0.985. The van der Waals surface area contributed by atoms with Crippen LogP contribution in [0, 0.1) is 0 Å². The van der Waals surface area contributed by atoms with Gasteiger partial charge in [-0.2, -0.15) is 12.9 Å². The fourth-order valence-corrected chi connectivity index (χ4v) is 9.40. The summed E-state index contributed by atoms with van der Waals surface area (Å²) in [5.74, 6) is 0. The number of hydrogen-bond donors (Lipinski definition) is 3. The topological polar surface area (TPSA) is 173 Å². The Hall–Kier alpha value is -2.47. The van der Waals surface area contributed by atoms with Crippen molar-refractivity contribution in [1.29, 1.82) is 0 Å². The van der Waals surface area contributed by atoms with Crippen LogP contribution in [0.5, 0.6) is 0 Å². The summed E-state index contributed by atoms with van der Waals surface area (Å²) < 4.78 is 85.4. The Morgan fingerprint density at radius 1 is 0.548 bits per heavy atom. The summed E-state index contributed by atoms with van der Waals surface area (Å²) in [6, 6.07) is 8.91. The molecular weight excluding hydrogens is 607 g/mol. The minimum Gasteiger partial charge on any atom is -0.395 e. The molecule has 42 heavy (non-hydrogen) atoms. The second kappa shape index (κ2) is 11.9. The van der Waals surface area contributed by atoms with Gasteiger partial charge in [-0.1, -0.05) is 31.2 Å². The molecule has 0 saturated heterocycles. The van der Waals surface area contributed by atoms with Gasteiger partial charge in [0.15, 0.2) is 0 Å². The molecule has 3 N–H and O–H groups in total. The van der Waals surface area contributed by atoms with Crippen LogP contribution in [0.4, 0.5) is 0 Å². The van der Waals surface area contributed by atoms with Crippen LogP contribution in [0.2, 0.25) is 0 Å². The third-order valence-electron chi connectivity index (χ3n) is 7.56. The second-order valence-electron chi connectivity index (χ2n) is 9.98. The summed E-state index contributed by atoms with van der Waals surface area (Å²) >= 11 is 0. The number of benzene rings is 4. The number of hydrogen-bond acceptors (Lipinski definition) is 9. The first-order valence-corrected chi connectivity index (χ1v) is 17.5. The second-order valence-corrected chi connectivity index (χ2v) is 16.0. The number of aliphatic hydroxyl groups is 3. The van der Waals surface area contributed by atoms with Gasteiger partial charge in [-0.25, -0.2) is 25.3 Å². The Kier molecular flexibility index (Phi) is 9.19. The summed E-state index contributed by atoms with van der Waals surface area (Å²) in [6.45, 7) is -0.104. The van der Waals surface area contributed by atoms with E-state index in [9.17, 15) is 40.6 Å². The van der Waals surface area contributed by atoms with Gasteiger partial charge >= 0.3 is 0 Å². The van der Waals surface area contributed by atoms with Crippen molar-refractivity contribution in [3.63, 3.8) is 0 Å². The quantitative estimate of drug-likeness (QED) is 0.180. The van der Waals surface area contributed by atoms with Crippen LogP contribution in [-0.4, -0.2) is 114 Å². The summed E-state index contributed by atoms with van der Waals surface area (Å²) in [6.07, 6.45) is 0.426. The molecule has 4 aromatic carbocycles. The molecule has 0 aromatic heterocycles. The molecular formula is C27H35N3O9S3. The van der Waals surface area contributed by atoms with Crippen molar-refractivity contribution in [2.24, 2.45) is 0 Å². The van der Waals surface area contributed by atoms with Crippen molar-refractivity contribution >= 4 is 62.4 Å². The molecule has 0 spiro atoms. The molecule has 0 aliphatic heterocycles. The minimum atomic E-state index is -4.34. The summed E-state index contributed by atoms with van der Waals surface area (Å²) in [7, 11) is -8.90. The molecule has 0 amide bonds. The molecule has 0 heterocycles. The normalized spacial score (nSPS) is 13.6. The van der Waals surface area contributed by atoms with E-state index in [0.717, 1.165) is 19.0 Å². The average Bonchev–Trinajstić information content (AvgIpc) is 2.95. The smallest absolute Gasteiger partial charge is 0.243 e. The zero-order valence-corrected chi connectivity index (χ0v) is 26.2. The van der Waals surface area contributed by atoms with Gasteiger partial charge in [0, 0.05) is 62.3 Å². The number of sulfonamides is 3. The molecule has 0 fully saturated rings. The molecule has 12 nitrogen and oxygen atoms in total. The number of aryl methyl sites for hydroxylation is 1. The van der Waals surface area contributed by atoms with Crippen LogP contribution < -0.4 is 0 Å². The Labute approximate surface area is 245 Å². The third-order valence-corrected chi connectivity index (χ3v) is 13.3. The highest BCUT2D eigenvalue weighted by molar-refractivity contribution is 7.90. The standard InChI is InChI=1S/C27H35N3O9S3/c1-5-18-16-23(40(34,35)28(2)10-13-31)20-8-9-22-25(42(38,39)30(4)12-15-33)17-24(41(36,37)29(3)11-14-32)21-7-6-19(18)26(20)27(21)22/h6-9,16-17,31-33H,5,10-15H2,1-4H3. The van der Waals surface area contributed by atoms with Crippen LogP contribution in [-0.2, 0) is 36.5 Å². The van der Waals surface area contributed by atoms with E-state index in [1.54, 1.807) is 18.2 Å². The van der Waals surface area contributed by atoms with E-state index in [1.807, 2.05) is 6.92 Å². The largest absolute Gasteiger partial charge is 0.395 e. The molecule has 230 valence electrons. The maximum atomic E-state index is 13.8. The zero-order chi connectivity index (χ0) is 31.2. The van der Waals surface area contributed by atoms with E-state index in [-0.39, 0.29) is 55.9 Å². The molecule has 0 unspecified atom stereocenters. The van der Waals surface area contributed by atoms with Gasteiger partial charge in [0.1, 0.15) is 0 Å². The molecule has 4 aromatic rings. The van der Waals surface area contributed by atoms with Crippen LogP contribution in [0.15, 0.2) is 51.1 Å². The van der Waals surface area contributed by atoms with Gasteiger partial charge in [-0.15, -0.1) is 0 Å². The fourth-order valence-electron chi connectivity index (χ4n) is 5.19. The minimum absolute atomic E-state index is 0.0512. The summed E-state index contributed by atoms with van der Waals surface area (Å²) in [5, 5.41) is 30.2. The first-order valence-electron chi connectivity index (χ1n) is 13.2. The van der Waals surface area contributed by atoms with Gasteiger partial charge in [0.05, 0.1) is 34.5 Å². The maximum Gasteiger partial charge on any atom is 0.243 e.